The molecule has 0 radical (unpaired) electrons. The Kier molecular flexibility index (Phi) is 1.99. The van der Waals surface area contributed by atoms with Gasteiger partial charge in [-0.15, -0.1) is 0 Å². The Balaban J connectivity index is 2.11. The Hall–Kier alpha value is -1.02. The molecule has 80 valence electrons. The Morgan fingerprint density at radius 2 is 2.27 bits per heavy atom. The summed E-state index contributed by atoms with van der Waals surface area (Å²) in [7, 11) is 2.24. The molecule has 1 aromatic carbocycles. The van der Waals surface area contributed by atoms with Gasteiger partial charge >= 0.3 is 0 Å². The Bertz CT molecular complexity index is 386. The number of benzene rings is 1. The largest absolute Gasteiger partial charge is 0.369 e. The molecule has 0 spiro atoms. The minimum atomic E-state index is 0.676. The topological polar surface area (TPSA) is 15.3 Å². The van der Waals surface area contributed by atoms with Gasteiger partial charge in [-0.2, -0.15) is 0 Å². The van der Waals surface area contributed by atoms with Crippen molar-refractivity contribution >= 4 is 5.69 Å². The first-order valence-electron chi connectivity index (χ1n) is 5.82. The lowest BCUT2D eigenvalue weighted by molar-refractivity contribution is 0.413. The monoisotopic (exact) mass is 202 g/mol. The quantitative estimate of drug-likeness (QED) is 0.691. The van der Waals surface area contributed by atoms with E-state index in [1.165, 1.54) is 24.2 Å². The molecule has 2 unspecified atom stereocenters. The molecule has 0 aliphatic carbocycles. The lowest BCUT2D eigenvalue weighted by atomic mass is 9.89. The van der Waals surface area contributed by atoms with E-state index >= 15 is 0 Å². The van der Waals surface area contributed by atoms with Gasteiger partial charge in [0.15, 0.2) is 0 Å². The second-order valence-electron chi connectivity index (χ2n) is 4.79. The molecule has 2 heterocycles. The summed E-state index contributed by atoms with van der Waals surface area (Å²) in [5, 5.41) is 3.50. The van der Waals surface area contributed by atoms with Crippen LogP contribution in [0.4, 0.5) is 5.69 Å². The molecule has 0 bridgehead atoms. The minimum Gasteiger partial charge on any atom is -0.369 e. The second kappa shape index (κ2) is 3.24. The molecule has 0 amide bonds. The minimum absolute atomic E-state index is 0.676. The van der Waals surface area contributed by atoms with Gasteiger partial charge in [0.25, 0.3) is 0 Å². The van der Waals surface area contributed by atoms with Gasteiger partial charge in [-0.25, -0.2) is 0 Å². The zero-order valence-corrected chi connectivity index (χ0v) is 9.46. The smallest absolute Gasteiger partial charge is 0.0481 e. The molecule has 3 rings (SSSR count). The number of fused-ring (bicyclic) bond motifs is 3. The number of aryl methyl sites for hydroxylation is 1. The molecular formula is C13H18N2. The van der Waals surface area contributed by atoms with Crippen LogP contribution in [-0.4, -0.2) is 26.2 Å². The molecule has 0 saturated carbocycles. The van der Waals surface area contributed by atoms with E-state index in [4.69, 9.17) is 0 Å². The number of nitrogens with zero attached hydrogens (tertiary/aromatic N) is 1. The molecule has 0 aromatic heterocycles. The molecule has 1 fully saturated rings. The van der Waals surface area contributed by atoms with Crippen LogP contribution >= 0.6 is 0 Å². The van der Waals surface area contributed by atoms with Crippen molar-refractivity contribution in [2.45, 2.75) is 25.3 Å². The van der Waals surface area contributed by atoms with Gasteiger partial charge in [-0.05, 0) is 31.0 Å². The zero-order chi connectivity index (χ0) is 10.4. The van der Waals surface area contributed by atoms with Crippen LogP contribution in [0.3, 0.4) is 0 Å². The van der Waals surface area contributed by atoms with Crippen molar-refractivity contribution in [1.82, 2.24) is 5.32 Å². The molecule has 2 atom stereocenters. The molecule has 2 heteroatoms. The number of piperidine rings is 1. The molecule has 1 N–H and O–H groups in total. The van der Waals surface area contributed by atoms with Crippen LogP contribution in [0.15, 0.2) is 18.2 Å². The van der Waals surface area contributed by atoms with Gasteiger partial charge in [0.1, 0.15) is 0 Å². The fourth-order valence-electron chi connectivity index (χ4n) is 3.24. The van der Waals surface area contributed by atoms with Crippen LogP contribution < -0.4 is 10.2 Å². The third kappa shape index (κ3) is 1.21. The second-order valence-corrected chi connectivity index (χ2v) is 4.79. The highest BCUT2D eigenvalue weighted by Crippen LogP contribution is 2.44. The van der Waals surface area contributed by atoms with Crippen molar-refractivity contribution in [3.63, 3.8) is 0 Å². The van der Waals surface area contributed by atoms with E-state index in [2.05, 4.69) is 42.4 Å². The first-order chi connectivity index (χ1) is 7.29. The number of likely N-dealkylation sites (N-methyl/N-ethyl adjacent to an activating group) is 1. The highest BCUT2D eigenvalue weighted by Gasteiger charge is 2.38. The number of anilines is 1. The van der Waals surface area contributed by atoms with E-state index in [0.29, 0.717) is 6.04 Å². The van der Waals surface area contributed by atoms with E-state index in [-0.39, 0.29) is 0 Å². The molecule has 2 nitrogen and oxygen atoms in total. The van der Waals surface area contributed by atoms with Crippen molar-refractivity contribution in [1.29, 1.82) is 0 Å². The summed E-state index contributed by atoms with van der Waals surface area (Å²) in [4.78, 5) is 2.47. The van der Waals surface area contributed by atoms with Gasteiger partial charge in [-0.3, -0.25) is 0 Å². The van der Waals surface area contributed by atoms with Crippen LogP contribution in [0.5, 0.6) is 0 Å². The van der Waals surface area contributed by atoms with E-state index < -0.39 is 0 Å². The lowest BCUT2D eigenvalue weighted by Crippen LogP contribution is -2.44. The SMILES string of the molecule is Cc1cccc2c1N(C)C1CNCCC21. The lowest BCUT2D eigenvalue weighted by Gasteiger charge is -2.31. The van der Waals surface area contributed by atoms with E-state index in [0.717, 1.165) is 12.5 Å². The molecule has 1 aromatic rings. The Morgan fingerprint density at radius 1 is 1.40 bits per heavy atom. The summed E-state index contributed by atoms with van der Waals surface area (Å²) in [5.74, 6) is 0.756. The van der Waals surface area contributed by atoms with Crippen molar-refractivity contribution < 1.29 is 0 Å². The van der Waals surface area contributed by atoms with Crippen LogP contribution in [0.1, 0.15) is 23.5 Å². The van der Waals surface area contributed by atoms with Crippen molar-refractivity contribution in [2.75, 3.05) is 25.0 Å². The normalized spacial score (nSPS) is 28.8. The Labute approximate surface area is 91.3 Å². The fourth-order valence-corrected chi connectivity index (χ4v) is 3.24. The van der Waals surface area contributed by atoms with Gasteiger partial charge in [0.2, 0.25) is 0 Å². The fraction of sp³-hybridized carbons (Fsp3) is 0.538. The summed E-state index contributed by atoms with van der Waals surface area (Å²) in [5.41, 5.74) is 4.48. The van der Waals surface area contributed by atoms with E-state index in [1.54, 1.807) is 5.56 Å². The third-order valence-corrected chi connectivity index (χ3v) is 3.97. The standard InChI is InChI=1S/C13H18N2/c1-9-4-3-5-11-10-6-7-14-8-12(10)15(2)13(9)11/h3-5,10,12,14H,6-8H2,1-2H3. The average molecular weight is 202 g/mol. The van der Waals surface area contributed by atoms with Gasteiger partial charge < -0.3 is 10.2 Å². The summed E-state index contributed by atoms with van der Waals surface area (Å²) >= 11 is 0. The molecular weight excluding hydrogens is 184 g/mol. The number of hydrogen-bond acceptors (Lipinski definition) is 2. The van der Waals surface area contributed by atoms with E-state index in [9.17, 15) is 0 Å². The molecule has 2 aliphatic heterocycles. The van der Waals surface area contributed by atoms with Crippen LogP contribution in [0.25, 0.3) is 0 Å². The van der Waals surface area contributed by atoms with Gasteiger partial charge in [0.05, 0.1) is 0 Å². The van der Waals surface area contributed by atoms with Gasteiger partial charge in [-0.1, -0.05) is 18.2 Å². The third-order valence-electron chi connectivity index (χ3n) is 3.97. The van der Waals surface area contributed by atoms with Crippen LogP contribution in [0, 0.1) is 6.92 Å². The maximum atomic E-state index is 3.50. The highest BCUT2D eigenvalue weighted by atomic mass is 15.2. The maximum Gasteiger partial charge on any atom is 0.0481 e. The molecule has 15 heavy (non-hydrogen) atoms. The highest BCUT2D eigenvalue weighted by molar-refractivity contribution is 5.66. The number of rotatable bonds is 0. The predicted octanol–water partition coefficient (Wildman–Crippen LogP) is 1.89. The summed E-state index contributed by atoms with van der Waals surface area (Å²) in [6.07, 6.45) is 1.28. The van der Waals surface area contributed by atoms with Crippen molar-refractivity contribution in [3.05, 3.63) is 29.3 Å². The maximum absolute atomic E-state index is 3.50. The predicted molar refractivity (Wildman–Crippen MR) is 63.6 cm³/mol. The summed E-state index contributed by atoms with van der Waals surface area (Å²) in [6, 6.07) is 7.41. The molecule has 2 aliphatic rings. The Morgan fingerprint density at radius 3 is 3.13 bits per heavy atom. The first kappa shape index (κ1) is 9.22. The zero-order valence-electron chi connectivity index (χ0n) is 9.46. The van der Waals surface area contributed by atoms with Crippen LogP contribution in [0.2, 0.25) is 0 Å². The van der Waals surface area contributed by atoms with Crippen molar-refractivity contribution in [2.24, 2.45) is 0 Å². The molecule has 1 saturated heterocycles. The van der Waals surface area contributed by atoms with Crippen LogP contribution in [-0.2, 0) is 0 Å². The number of nitrogens with one attached hydrogen (secondary N) is 1. The number of hydrogen-bond donors (Lipinski definition) is 1. The first-order valence-corrected chi connectivity index (χ1v) is 5.82. The number of para-hydroxylation sites is 1. The van der Waals surface area contributed by atoms with Gasteiger partial charge in [0, 0.05) is 31.2 Å². The summed E-state index contributed by atoms with van der Waals surface area (Å²) in [6.45, 7) is 4.53. The summed E-state index contributed by atoms with van der Waals surface area (Å²) < 4.78 is 0. The average Bonchev–Trinajstić information content (AvgIpc) is 2.55. The van der Waals surface area contributed by atoms with E-state index in [1.807, 2.05) is 0 Å². The van der Waals surface area contributed by atoms with Crippen molar-refractivity contribution in [3.8, 4) is 0 Å².